The maximum absolute atomic E-state index is 5.73. The van der Waals surface area contributed by atoms with Gasteiger partial charge in [-0.15, -0.1) is 0 Å². The Hall–Kier alpha value is -0.820. The fourth-order valence-corrected chi connectivity index (χ4v) is 2.88. The van der Waals surface area contributed by atoms with Crippen LogP contribution in [0.25, 0.3) is 0 Å². The van der Waals surface area contributed by atoms with Gasteiger partial charge in [-0.2, -0.15) is 0 Å². The SMILES string of the molecule is C=C/C=C/C/C=C/CC1OC1CCCCCCCCCCC. The number of hydrogen-bond acceptors (Lipinski definition) is 1. The van der Waals surface area contributed by atoms with Gasteiger partial charge in [0.25, 0.3) is 0 Å². The lowest BCUT2D eigenvalue weighted by Crippen LogP contribution is -1.93. The number of unbranched alkanes of at least 4 members (excludes halogenated alkanes) is 8. The first-order valence-corrected chi connectivity index (χ1v) is 9.46. The first-order chi connectivity index (χ1) is 10.9. The number of rotatable bonds is 15. The summed E-state index contributed by atoms with van der Waals surface area (Å²) in [6.07, 6.45) is 27.5. The molecule has 0 aromatic rings. The zero-order valence-electron chi connectivity index (χ0n) is 14.6. The van der Waals surface area contributed by atoms with Crippen molar-refractivity contribution in [1.29, 1.82) is 0 Å². The molecule has 0 aromatic carbocycles. The van der Waals surface area contributed by atoms with Crippen LogP contribution in [0.4, 0.5) is 0 Å². The van der Waals surface area contributed by atoms with Crippen molar-refractivity contribution in [3.05, 3.63) is 37.0 Å². The Balaban J connectivity index is 1.82. The van der Waals surface area contributed by atoms with Crippen LogP contribution in [0, 0.1) is 0 Å². The van der Waals surface area contributed by atoms with Gasteiger partial charge in [-0.1, -0.05) is 102 Å². The second-order valence-corrected chi connectivity index (χ2v) is 6.44. The molecule has 1 fully saturated rings. The van der Waals surface area contributed by atoms with Crippen molar-refractivity contribution in [2.24, 2.45) is 0 Å². The van der Waals surface area contributed by atoms with Crippen LogP contribution in [0.15, 0.2) is 37.0 Å². The summed E-state index contributed by atoms with van der Waals surface area (Å²) in [5, 5.41) is 0. The van der Waals surface area contributed by atoms with Crippen LogP contribution in [0.2, 0.25) is 0 Å². The number of ether oxygens (including phenoxy) is 1. The second-order valence-electron chi connectivity index (χ2n) is 6.44. The van der Waals surface area contributed by atoms with Gasteiger partial charge in [0.15, 0.2) is 0 Å². The van der Waals surface area contributed by atoms with E-state index in [9.17, 15) is 0 Å². The maximum atomic E-state index is 5.73. The van der Waals surface area contributed by atoms with Gasteiger partial charge < -0.3 is 4.74 Å². The molecule has 0 amide bonds. The minimum atomic E-state index is 0.508. The third kappa shape index (κ3) is 10.8. The summed E-state index contributed by atoms with van der Waals surface area (Å²) in [5.41, 5.74) is 0. The highest BCUT2D eigenvalue weighted by molar-refractivity contribution is 5.02. The minimum absolute atomic E-state index is 0.508. The third-order valence-electron chi connectivity index (χ3n) is 4.36. The van der Waals surface area contributed by atoms with Crippen molar-refractivity contribution < 1.29 is 4.74 Å². The molecule has 0 radical (unpaired) electrons. The number of epoxide rings is 1. The average molecular weight is 305 g/mol. The van der Waals surface area contributed by atoms with Gasteiger partial charge in [0.2, 0.25) is 0 Å². The maximum Gasteiger partial charge on any atom is 0.0876 e. The van der Waals surface area contributed by atoms with Crippen LogP contribution in [0.1, 0.15) is 84.0 Å². The fourth-order valence-electron chi connectivity index (χ4n) is 2.88. The van der Waals surface area contributed by atoms with Crippen molar-refractivity contribution in [2.75, 3.05) is 0 Å². The van der Waals surface area contributed by atoms with Crippen LogP contribution in [0.3, 0.4) is 0 Å². The topological polar surface area (TPSA) is 12.5 Å². The average Bonchev–Trinajstić information content (AvgIpc) is 3.27. The normalized spacial score (nSPS) is 21.0. The first-order valence-electron chi connectivity index (χ1n) is 9.46. The monoisotopic (exact) mass is 304 g/mol. The molecule has 1 aliphatic heterocycles. The van der Waals surface area contributed by atoms with Crippen molar-refractivity contribution in [1.82, 2.24) is 0 Å². The molecule has 0 aromatic heterocycles. The molecule has 2 unspecified atom stereocenters. The van der Waals surface area contributed by atoms with E-state index in [1.54, 1.807) is 0 Å². The molecule has 0 aliphatic carbocycles. The first kappa shape index (κ1) is 19.2. The molecule has 22 heavy (non-hydrogen) atoms. The molecule has 1 saturated heterocycles. The molecule has 1 aliphatic rings. The minimum Gasteiger partial charge on any atom is -0.369 e. The Labute approximate surface area is 138 Å². The van der Waals surface area contributed by atoms with Gasteiger partial charge in [0.1, 0.15) is 0 Å². The van der Waals surface area contributed by atoms with E-state index in [4.69, 9.17) is 4.74 Å². The van der Waals surface area contributed by atoms with Crippen molar-refractivity contribution in [2.45, 2.75) is 96.2 Å². The van der Waals surface area contributed by atoms with Gasteiger partial charge >= 0.3 is 0 Å². The lowest BCUT2D eigenvalue weighted by atomic mass is 10.0. The summed E-state index contributed by atoms with van der Waals surface area (Å²) >= 11 is 0. The Morgan fingerprint density at radius 1 is 0.818 bits per heavy atom. The highest BCUT2D eigenvalue weighted by Crippen LogP contribution is 2.30. The zero-order chi connectivity index (χ0) is 15.9. The fraction of sp³-hybridized carbons (Fsp3) is 0.714. The summed E-state index contributed by atoms with van der Waals surface area (Å²) in [6, 6.07) is 0. The third-order valence-corrected chi connectivity index (χ3v) is 4.36. The standard InChI is InChI=1S/C21H36O/c1-3-5-7-9-11-12-13-15-17-19-21-20(22-21)18-16-14-10-8-6-4-2/h4,6,8,14,16,20-21H,2-3,5,7,9-13,15,17-19H2,1H3/b8-6+,16-14+. The van der Waals surface area contributed by atoms with E-state index in [-0.39, 0.29) is 0 Å². The van der Waals surface area contributed by atoms with Crippen LogP contribution < -0.4 is 0 Å². The van der Waals surface area contributed by atoms with E-state index < -0.39 is 0 Å². The smallest absolute Gasteiger partial charge is 0.0876 e. The summed E-state index contributed by atoms with van der Waals surface area (Å²) < 4.78 is 5.73. The second kappa shape index (κ2) is 13.8. The van der Waals surface area contributed by atoms with Crippen LogP contribution in [-0.2, 0) is 4.74 Å². The van der Waals surface area contributed by atoms with Crippen molar-refractivity contribution >= 4 is 0 Å². The highest BCUT2D eigenvalue weighted by Gasteiger charge is 2.36. The Morgan fingerprint density at radius 2 is 1.50 bits per heavy atom. The van der Waals surface area contributed by atoms with E-state index in [2.05, 4.69) is 31.7 Å². The molecule has 1 nitrogen and oxygen atoms in total. The molecule has 0 spiro atoms. The van der Waals surface area contributed by atoms with Crippen molar-refractivity contribution in [3.8, 4) is 0 Å². The Morgan fingerprint density at radius 3 is 2.18 bits per heavy atom. The molecule has 0 N–H and O–H groups in total. The zero-order valence-corrected chi connectivity index (χ0v) is 14.6. The van der Waals surface area contributed by atoms with Gasteiger partial charge in [-0.3, -0.25) is 0 Å². The predicted molar refractivity (Wildman–Crippen MR) is 98.2 cm³/mol. The van der Waals surface area contributed by atoms with Gasteiger partial charge in [0.05, 0.1) is 12.2 Å². The lowest BCUT2D eigenvalue weighted by molar-refractivity contribution is 0.358. The van der Waals surface area contributed by atoms with E-state index in [0.29, 0.717) is 12.2 Å². The van der Waals surface area contributed by atoms with Gasteiger partial charge in [-0.05, 0) is 19.3 Å². The van der Waals surface area contributed by atoms with Crippen LogP contribution >= 0.6 is 0 Å². The molecule has 1 heterocycles. The van der Waals surface area contributed by atoms with Crippen LogP contribution in [-0.4, -0.2) is 12.2 Å². The summed E-state index contributed by atoms with van der Waals surface area (Å²) in [4.78, 5) is 0. The van der Waals surface area contributed by atoms with Gasteiger partial charge in [-0.25, -0.2) is 0 Å². The van der Waals surface area contributed by atoms with Crippen LogP contribution in [0.5, 0.6) is 0 Å². The number of hydrogen-bond donors (Lipinski definition) is 0. The predicted octanol–water partition coefficient (Wildman–Crippen LogP) is 6.75. The summed E-state index contributed by atoms with van der Waals surface area (Å²) in [6.45, 7) is 5.94. The Kier molecular flexibility index (Phi) is 12.1. The Bertz CT molecular complexity index is 316. The quantitative estimate of drug-likeness (QED) is 0.141. The molecule has 0 saturated carbocycles. The van der Waals surface area contributed by atoms with E-state index in [0.717, 1.165) is 12.8 Å². The van der Waals surface area contributed by atoms with Gasteiger partial charge in [0, 0.05) is 0 Å². The van der Waals surface area contributed by atoms with E-state index >= 15 is 0 Å². The lowest BCUT2D eigenvalue weighted by Gasteiger charge is -2.01. The molecular weight excluding hydrogens is 268 g/mol. The molecule has 1 heteroatoms. The summed E-state index contributed by atoms with van der Waals surface area (Å²) in [7, 11) is 0. The molecule has 0 bridgehead atoms. The van der Waals surface area contributed by atoms with E-state index in [1.165, 1.54) is 64.2 Å². The molecule has 126 valence electrons. The molecule has 2 atom stereocenters. The van der Waals surface area contributed by atoms with E-state index in [1.807, 2.05) is 12.2 Å². The summed E-state index contributed by atoms with van der Waals surface area (Å²) in [5.74, 6) is 0. The number of allylic oxidation sites excluding steroid dienone is 4. The molecule has 1 rings (SSSR count). The van der Waals surface area contributed by atoms with Crippen molar-refractivity contribution in [3.63, 3.8) is 0 Å². The largest absolute Gasteiger partial charge is 0.369 e. The highest BCUT2D eigenvalue weighted by atomic mass is 16.6. The molecular formula is C21H36O.